The number of carbonyl (C=O) groups is 2. The van der Waals surface area contributed by atoms with Gasteiger partial charge in [-0.1, -0.05) is 12.1 Å². The van der Waals surface area contributed by atoms with Gasteiger partial charge in [0.2, 0.25) is 5.91 Å². The first-order chi connectivity index (χ1) is 9.06. The Morgan fingerprint density at radius 3 is 2.89 bits per heavy atom. The van der Waals surface area contributed by atoms with E-state index in [4.69, 9.17) is 5.73 Å². The third-order valence-electron chi connectivity index (χ3n) is 3.05. The number of nitrogens with zero attached hydrogens (tertiary/aromatic N) is 2. The van der Waals surface area contributed by atoms with Crippen LogP contribution in [0.1, 0.15) is 21.6 Å². The largest absolute Gasteiger partial charge is 0.383 e. The van der Waals surface area contributed by atoms with Gasteiger partial charge in [-0.15, -0.1) is 0 Å². The Bertz CT molecular complexity index is 703. The maximum atomic E-state index is 11.8. The van der Waals surface area contributed by atoms with Crippen molar-refractivity contribution in [2.45, 2.75) is 13.3 Å². The molecule has 1 aromatic heterocycles. The number of hydrogen-bond donors (Lipinski definition) is 2. The average Bonchev–Trinajstić information content (AvgIpc) is 2.66. The highest BCUT2D eigenvalue weighted by Gasteiger charge is 2.29. The van der Waals surface area contributed by atoms with Gasteiger partial charge in [-0.3, -0.25) is 14.9 Å². The monoisotopic (exact) mass is 256 g/mol. The molecule has 96 valence electrons. The lowest BCUT2D eigenvalue weighted by molar-refractivity contribution is -0.119. The molecule has 1 aliphatic heterocycles. The lowest BCUT2D eigenvalue weighted by Gasteiger charge is -2.09. The fraction of sp³-hybridized carbons (Fsp3) is 0.154. The van der Waals surface area contributed by atoms with E-state index in [-0.39, 0.29) is 18.1 Å². The van der Waals surface area contributed by atoms with Crippen LogP contribution in [0.15, 0.2) is 24.3 Å². The Labute approximate surface area is 109 Å². The predicted molar refractivity (Wildman–Crippen MR) is 68.9 cm³/mol. The zero-order valence-electron chi connectivity index (χ0n) is 10.3. The number of imide groups is 1. The summed E-state index contributed by atoms with van der Waals surface area (Å²) in [5, 5.41) is 6.51. The Morgan fingerprint density at radius 1 is 1.37 bits per heavy atom. The third-order valence-corrected chi connectivity index (χ3v) is 3.05. The summed E-state index contributed by atoms with van der Waals surface area (Å²) in [7, 11) is 0. The number of nitrogen functional groups attached to an aromatic ring is 1. The van der Waals surface area contributed by atoms with Crippen molar-refractivity contribution in [3.05, 3.63) is 41.1 Å². The molecule has 0 fully saturated rings. The number of nitrogens with two attached hydrogens (primary N) is 1. The number of anilines is 1. The summed E-state index contributed by atoms with van der Waals surface area (Å²) < 4.78 is 1.50. The smallest absolute Gasteiger partial charge is 0.263 e. The number of amides is 2. The van der Waals surface area contributed by atoms with E-state index in [9.17, 15) is 9.59 Å². The quantitative estimate of drug-likeness (QED) is 0.730. The van der Waals surface area contributed by atoms with Crippen LogP contribution in [-0.2, 0) is 11.2 Å². The topological polar surface area (TPSA) is 90.0 Å². The number of hydrogen-bond acceptors (Lipinski definition) is 4. The van der Waals surface area contributed by atoms with Crippen molar-refractivity contribution in [2.24, 2.45) is 0 Å². The van der Waals surface area contributed by atoms with Crippen molar-refractivity contribution >= 4 is 17.6 Å². The van der Waals surface area contributed by atoms with E-state index in [0.29, 0.717) is 11.3 Å². The first kappa shape index (κ1) is 11.5. The summed E-state index contributed by atoms with van der Waals surface area (Å²) in [4.78, 5) is 23.1. The number of fused-ring (bicyclic) bond motifs is 1. The maximum absolute atomic E-state index is 11.8. The molecule has 19 heavy (non-hydrogen) atoms. The fourth-order valence-corrected chi connectivity index (χ4v) is 2.19. The molecule has 6 nitrogen and oxygen atoms in total. The van der Waals surface area contributed by atoms with Crippen LogP contribution in [-0.4, -0.2) is 21.6 Å². The van der Waals surface area contributed by atoms with E-state index in [1.807, 2.05) is 31.2 Å². The molecule has 0 radical (unpaired) electrons. The lowest BCUT2D eigenvalue weighted by Crippen LogP contribution is -2.37. The molecule has 2 aromatic rings. The summed E-state index contributed by atoms with van der Waals surface area (Å²) in [6, 6.07) is 7.60. The second-order valence-corrected chi connectivity index (χ2v) is 4.51. The molecule has 1 aromatic carbocycles. The van der Waals surface area contributed by atoms with Crippen molar-refractivity contribution in [3.63, 3.8) is 0 Å². The zero-order chi connectivity index (χ0) is 13.6. The molecule has 0 aliphatic carbocycles. The van der Waals surface area contributed by atoms with Gasteiger partial charge >= 0.3 is 0 Å². The molecule has 6 heteroatoms. The molecular weight excluding hydrogens is 244 g/mol. The van der Waals surface area contributed by atoms with E-state index in [0.717, 1.165) is 11.3 Å². The van der Waals surface area contributed by atoms with Gasteiger partial charge in [0.1, 0.15) is 11.4 Å². The third kappa shape index (κ3) is 1.77. The minimum atomic E-state index is -0.484. The molecule has 0 spiro atoms. The van der Waals surface area contributed by atoms with Gasteiger partial charge in [-0.2, -0.15) is 5.10 Å². The van der Waals surface area contributed by atoms with Gasteiger partial charge < -0.3 is 5.73 Å². The van der Waals surface area contributed by atoms with Crippen LogP contribution in [0.25, 0.3) is 5.69 Å². The molecule has 0 unspecified atom stereocenters. The van der Waals surface area contributed by atoms with Crippen LogP contribution < -0.4 is 11.1 Å². The highest BCUT2D eigenvalue weighted by molar-refractivity contribution is 6.11. The SMILES string of the molecule is Cc1cccc(-n2nc3c(c2N)C(=O)NC(=O)C3)c1. The van der Waals surface area contributed by atoms with E-state index in [1.165, 1.54) is 4.68 Å². The highest BCUT2D eigenvalue weighted by Crippen LogP contribution is 2.24. The first-order valence-corrected chi connectivity index (χ1v) is 5.85. The van der Waals surface area contributed by atoms with Crippen LogP contribution in [0, 0.1) is 6.92 Å². The van der Waals surface area contributed by atoms with Gasteiger partial charge in [-0.25, -0.2) is 4.68 Å². The summed E-state index contributed by atoms with van der Waals surface area (Å²) >= 11 is 0. The standard InChI is InChI=1S/C13H12N4O2/c1-7-3-2-4-8(5-7)17-12(14)11-9(16-17)6-10(18)15-13(11)19/h2-5H,6,14H2,1H3,(H,15,18,19). The molecule has 2 amide bonds. The fourth-order valence-electron chi connectivity index (χ4n) is 2.19. The van der Waals surface area contributed by atoms with E-state index >= 15 is 0 Å². The van der Waals surface area contributed by atoms with Crippen molar-refractivity contribution in [3.8, 4) is 5.69 Å². The molecule has 0 saturated heterocycles. The van der Waals surface area contributed by atoms with Crippen LogP contribution in [0.4, 0.5) is 5.82 Å². The molecule has 3 rings (SSSR count). The Morgan fingerprint density at radius 2 is 2.16 bits per heavy atom. The normalized spacial score (nSPS) is 14.2. The van der Waals surface area contributed by atoms with Crippen molar-refractivity contribution in [2.75, 3.05) is 5.73 Å². The highest BCUT2D eigenvalue weighted by atomic mass is 16.2. The van der Waals surface area contributed by atoms with Crippen LogP contribution >= 0.6 is 0 Å². The Kier molecular flexibility index (Phi) is 2.38. The van der Waals surface area contributed by atoms with Gasteiger partial charge in [0.25, 0.3) is 5.91 Å². The minimum absolute atomic E-state index is 0.0735. The molecule has 1 aliphatic rings. The zero-order valence-corrected chi connectivity index (χ0v) is 10.3. The second kappa shape index (κ2) is 3.94. The molecule has 2 heterocycles. The number of benzene rings is 1. The Balaban J connectivity index is 2.17. The van der Waals surface area contributed by atoms with E-state index in [1.54, 1.807) is 0 Å². The molecule has 0 saturated carbocycles. The van der Waals surface area contributed by atoms with Crippen LogP contribution in [0.2, 0.25) is 0 Å². The second-order valence-electron chi connectivity index (χ2n) is 4.51. The maximum Gasteiger partial charge on any atom is 0.263 e. The molecular formula is C13H12N4O2. The van der Waals surface area contributed by atoms with E-state index in [2.05, 4.69) is 10.4 Å². The molecule has 0 bridgehead atoms. The van der Waals surface area contributed by atoms with Gasteiger partial charge in [0, 0.05) is 0 Å². The van der Waals surface area contributed by atoms with Crippen molar-refractivity contribution < 1.29 is 9.59 Å². The molecule has 3 N–H and O–H groups in total. The lowest BCUT2D eigenvalue weighted by atomic mass is 10.1. The average molecular weight is 256 g/mol. The minimum Gasteiger partial charge on any atom is -0.383 e. The number of rotatable bonds is 1. The first-order valence-electron chi connectivity index (χ1n) is 5.85. The summed E-state index contributed by atoms with van der Waals surface area (Å²) in [6.07, 6.45) is 0.0735. The van der Waals surface area contributed by atoms with Gasteiger partial charge in [0.05, 0.1) is 17.8 Å². The Hall–Kier alpha value is -2.63. The number of nitrogens with one attached hydrogen (secondary N) is 1. The van der Waals surface area contributed by atoms with Crippen LogP contribution in [0.3, 0.4) is 0 Å². The van der Waals surface area contributed by atoms with Crippen molar-refractivity contribution in [1.82, 2.24) is 15.1 Å². The summed E-state index contributed by atoms with van der Waals surface area (Å²) in [5.74, 6) is -0.584. The molecule has 0 atom stereocenters. The summed E-state index contributed by atoms with van der Waals surface area (Å²) in [6.45, 7) is 1.96. The number of aryl methyl sites for hydroxylation is 1. The van der Waals surface area contributed by atoms with Gasteiger partial charge in [0.15, 0.2) is 0 Å². The van der Waals surface area contributed by atoms with Gasteiger partial charge in [-0.05, 0) is 24.6 Å². The van der Waals surface area contributed by atoms with E-state index < -0.39 is 5.91 Å². The number of carbonyl (C=O) groups excluding carboxylic acids is 2. The summed E-state index contributed by atoms with van der Waals surface area (Å²) in [5.41, 5.74) is 8.52. The van der Waals surface area contributed by atoms with Crippen molar-refractivity contribution in [1.29, 1.82) is 0 Å². The number of aromatic nitrogens is 2. The predicted octanol–water partition coefficient (Wildman–Crippen LogP) is 0.575. The van der Waals surface area contributed by atoms with Crippen LogP contribution in [0.5, 0.6) is 0 Å².